The summed E-state index contributed by atoms with van der Waals surface area (Å²) in [6.07, 6.45) is 5.61. The van der Waals surface area contributed by atoms with Crippen LogP contribution in [-0.4, -0.2) is 115 Å². The van der Waals surface area contributed by atoms with E-state index in [1.807, 2.05) is 61.0 Å². The number of nitrogens with one attached hydrogen (secondary N) is 4. The van der Waals surface area contributed by atoms with Gasteiger partial charge in [-0.2, -0.15) is 4.99 Å². The van der Waals surface area contributed by atoms with Crippen LogP contribution in [0.3, 0.4) is 0 Å². The van der Waals surface area contributed by atoms with Crippen LogP contribution in [0, 0.1) is 18.3 Å². The molecule has 0 spiro atoms. The molecule has 2 bridgehead atoms. The maximum atomic E-state index is 14.2. The summed E-state index contributed by atoms with van der Waals surface area (Å²) in [5, 5.41) is 16.9. The van der Waals surface area contributed by atoms with Gasteiger partial charge in [0.1, 0.15) is 6.04 Å². The fourth-order valence-electron chi connectivity index (χ4n) is 9.86. The van der Waals surface area contributed by atoms with Crippen molar-refractivity contribution in [2.24, 2.45) is 10.9 Å². The molecule has 2 atom stereocenters. The number of piperidine rings is 2. The quantitative estimate of drug-likeness (QED) is 0.176. The highest BCUT2D eigenvalue weighted by molar-refractivity contribution is 6.20. The van der Waals surface area contributed by atoms with E-state index in [4.69, 9.17) is 10.1 Å². The van der Waals surface area contributed by atoms with E-state index in [1.54, 1.807) is 31.0 Å². The third kappa shape index (κ3) is 8.50. The highest BCUT2D eigenvalue weighted by atomic mass is 16.5. The zero-order valence-corrected chi connectivity index (χ0v) is 37.5. The van der Waals surface area contributed by atoms with Crippen molar-refractivity contribution in [3.05, 3.63) is 88.1 Å². The van der Waals surface area contributed by atoms with E-state index in [9.17, 15) is 24.0 Å². The molecular weight excluding hydrogens is 813 g/mol. The molecule has 5 amide bonds. The van der Waals surface area contributed by atoms with Gasteiger partial charge in [0.2, 0.25) is 23.7 Å². The second-order valence-corrected chi connectivity index (χ2v) is 18.1. The fourth-order valence-corrected chi connectivity index (χ4v) is 9.86. The molecule has 8 rings (SSSR count). The molecule has 4 N–H and O–H groups in total. The van der Waals surface area contributed by atoms with Crippen molar-refractivity contribution in [3.8, 4) is 0 Å². The van der Waals surface area contributed by atoms with Gasteiger partial charge in [0.15, 0.2) is 5.88 Å². The molecule has 64 heavy (non-hydrogen) atoms. The van der Waals surface area contributed by atoms with Crippen molar-refractivity contribution in [2.75, 3.05) is 62.0 Å². The number of ether oxygens (including phenoxy) is 1. The van der Waals surface area contributed by atoms with Crippen LogP contribution < -0.4 is 25.8 Å². The molecular formula is C48H58N10O6. The smallest absolute Gasteiger partial charge is 0.280 e. The van der Waals surface area contributed by atoms with Gasteiger partial charge in [-0.3, -0.25) is 39.2 Å². The number of aromatic nitrogens is 1. The standard InChI is InChI=1S/C48H58N10O6/c1-28-9-8-22-64-44(50-5)34(26-49)36-24-32(23-29(2)51-36)42(60)54-47-52-35-13-12-31(25-39(35)57(47)27-28)45(62)55(6)33-17-20-56(21-18-33)19-16-30-10-7-11-37-41(30)48(3,4)46(63)58(37)38-14-15-40(59)53-43(38)61/h7,10-13,23-26,28,33,38,49-50H,8-9,14-22,27H2,1-6H3,(H,52,54,60)(H,53,59,61)/b44-34-,49-26?/t28-,38?/m1/s1. The summed E-state index contributed by atoms with van der Waals surface area (Å²) >= 11 is 0. The number of rotatable bonds is 8. The van der Waals surface area contributed by atoms with Gasteiger partial charge in [0.05, 0.1) is 34.7 Å². The number of pyridine rings is 1. The number of nitrogens with zero attached hydrogens (tertiary/aromatic N) is 6. The molecule has 5 aliphatic rings. The van der Waals surface area contributed by atoms with E-state index in [-0.39, 0.29) is 36.1 Å². The lowest BCUT2D eigenvalue weighted by Gasteiger charge is -2.37. The molecule has 2 fully saturated rings. The van der Waals surface area contributed by atoms with Gasteiger partial charge in [-0.25, -0.2) is 0 Å². The Kier molecular flexibility index (Phi) is 12.4. The predicted molar refractivity (Wildman–Crippen MR) is 246 cm³/mol. The van der Waals surface area contributed by atoms with Crippen LogP contribution >= 0.6 is 0 Å². The summed E-state index contributed by atoms with van der Waals surface area (Å²) in [6, 6.07) is 14.2. The Morgan fingerprint density at radius 2 is 1.81 bits per heavy atom. The number of anilines is 3. The lowest BCUT2D eigenvalue weighted by atomic mass is 9.82. The number of guanidine groups is 1. The minimum Gasteiger partial charge on any atom is -0.479 e. The van der Waals surface area contributed by atoms with Gasteiger partial charge in [-0.1, -0.05) is 19.1 Å². The van der Waals surface area contributed by atoms with Crippen LogP contribution in [-0.2, 0) is 31.0 Å². The van der Waals surface area contributed by atoms with Crippen molar-refractivity contribution >= 4 is 64.3 Å². The highest BCUT2D eigenvalue weighted by Crippen LogP contribution is 2.45. The number of fused-ring (bicyclic) bond motifs is 6. The molecule has 5 aliphatic heterocycles. The number of aliphatic imine (C=N–C) groups is 1. The van der Waals surface area contributed by atoms with E-state index < -0.39 is 23.3 Å². The van der Waals surface area contributed by atoms with Crippen LogP contribution in [0.5, 0.6) is 0 Å². The van der Waals surface area contributed by atoms with E-state index in [0.29, 0.717) is 59.5 Å². The maximum Gasteiger partial charge on any atom is 0.280 e. The Hall–Kier alpha value is -6.42. The Labute approximate surface area is 374 Å². The Bertz CT molecular complexity index is 2470. The van der Waals surface area contributed by atoms with Gasteiger partial charge in [0.25, 0.3) is 11.8 Å². The van der Waals surface area contributed by atoms with Crippen LogP contribution in [0.4, 0.5) is 17.1 Å². The molecule has 336 valence electrons. The molecule has 1 aromatic heterocycles. The SMILES string of the molecule is CN/C1=C(\C=N)c2cc(cc(C)n2)C(=O)/N=C2\Nc3ccc(C(=O)N(C)C4CCN(CCc5cccc6c5C(C)(C)C(=O)N6C5CCC(=O)NC5=O)CC4)cc3N2C[C@H](C)CCCO1. The monoisotopic (exact) mass is 870 g/mol. The summed E-state index contributed by atoms with van der Waals surface area (Å²) in [4.78, 5) is 83.6. The van der Waals surface area contributed by atoms with Crippen LogP contribution in [0.25, 0.3) is 5.57 Å². The van der Waals surface area contributed by atoms with E-state index in [2.05, 4.69) is 43.8 Å². The van der Waals surface area contributed by atoms with Gasteiger partial charge in [-0.15, -0.1) is 0 Å². The van der Waals surface area contributed by atoms with Gasteiger partial charge in [0, 0.05) is 81.5 Å². The number of aryl methyl sites for hydroxylation is 1. The minimum absolute atomic E-state index is 0.0465. The first-order valence-electron chi connectivity index (χ1n) is 22.3. The predicted octanol–water partition coefficient (Wildman–Crippen LogP) is 5.01. The largest absolute Gasteiger partial charge is 0.479 e. The average molecular weight is 871 g/mol. The normalized spacial score (nSPS) is 23.6. The summed E-state index contributed by atoms with van der Waals surface area (Å²) in [5.41, 5.74) is 5.85. The third-order valence-electron chi connectivity index (χ3n) is 13.3. The molecule has 2 aromatic carbocycles. The Balaban J connectivity index is 0.942. The van der Waals surface area contributed by atoms with Crippen LogP contribution in [0.2, 0.25) is 0 Å². The maximum absolute atomic E-state index is 14.2. The zero-order chi connectivity index (χ0) is 45.4. The molecule has 1 unspecified atom stereocenters. The molecule has 0 aliphatic carbocycles. The zero-order valence-electron chi connectivity index (χ0n) is 37.5. The summed E-state index contributed by atoms with van der Waals surface area (Å²) in [6.45, 7) is 11.2. The number of amides is 5. The van der Waals surface area contributed by atoms with Crippen molar-refractivity contribution in [1.29, 1.82) is 5.41 Å². The van der Waals surface area contributed by atoms with Gasteiger partial charge >= 0.3 is 0 Å². The number of hydrogen-bond donors (Lipinski definition) is 4. The van der Waals surface area contributed by atoms with E-state index >= 15 is 0 Å². The molecule has 3 aromatic rings. The summed E-state index contributed by atoms with van der Waals surface area (Å²) in [5.74, 6) is -0.424. The van der Waals surface area contributed by atoms with Crippen LogP contribution in [0.15, 0.2) is 59.4 Å². The number of imide groups is 1. The van der Waals surface area contributed by atoms with E-state index in [1.165, 1.54) is 6.21 Å². The lowest BCUT2D eigenvalue weighted by molar-refractivity contribution is -0.136. The van der Waals surface area contributed by atoms with Gasteiger partial charge in [-0.05, 0) is 113 Å². The average Bonchev–Trinajstić information content (AvgIpc) is 3.71. The number of hydrogen-bond acceptors (Lipinski definition) is 12. The first-order valence-corrected chi connectivity index (χ1v) is 22.3. The molecule has 16 heteroatoms. The molecule has 6 heterocycles. The third-order valence-corrected chi connectivity index (χ3v) is 13.3. The number of likely N-dealkylation sites (tertiary alicyclic amines) is 1. The minimum atomic E-state index is -0.815. The second-order valence-electron chi connectivity index (χ2n) is 18.1. The molecule has 16 nitrogen and oxygen atoms in total. The van der Waals surface area contributed by atoms with Crippen molar-refractivity contribution in [3.63, 3.8) is 0 Å². The van der Waals surface area contributed by atoms with Gasteiger partial charge < -0.3 is 35.5 Å². The van der Waals surface area contributed by atoms with Crippen LogP contribution in [0.1, 0.15) is 103 Å². The van der Waals surface area contributed by atoms with Crippen molar-refractivity contribution in [1.82, 2.24) is 25.4 Å². The summed E-state index contributed by atoms with van der Waals surface area (Å²) < 4.78 is 6.09. The number of benzene rings is 2. The Morgan fingerprint density at radius 3 is 2.55 bits per heavy atom. The van der Waals surface area contributed by atoms with E-state index in [0.717, 1.165) is 79.9 Å². The fraction of sp³-hybridized carbons (Fsp3) is 0.458. The Morgan fingerprint density at radius 1 is 1.03 bits per heavy atom. The first kappa shape index (κ1) is 44.2. The number of carbonyl (C=O) groups is 5. The highest BCUT2D eigenvalue weighted by Gasteiger charge is 2.50. The number of carbonyl (C=O) groups excluding carboxylic acids is 5. The molecule has 0 saturated carbocycles. The number of allylic oxidation sites excluding steroid dienone is 1. The lowest BCUT2D eigenvalue weighted by Crippen LogP contribution is -2.55. The summed E-state index contributed by atoms with van der Waals surface area (Å²) in [7, 11) is 3.60. The molecule has 0 radical (unpaired) electrons. The molecule has 2 saturated heterocycles. The first-order chi connectivity index (χ1) is 30.7. The van der Waals surface area contributed by atoms with Crippen molar-refractivity contribution < 1.29 is 28.7 Å². The van der Waals surface area contributed by atoms with Crippen molar-refractivity contribution in [2.45, 2.75) is 90.1 Å². The topological polar surface area (TPSA) is 193 Å². The second kappa shape index (κ2) is 18.0.